The number of hydrogen-bond donors (Lipinski definition) is 0. The molecule has 0 radical (unpaired) electrons. The summed E-state index contributed by atoms with van der Waals surface area (Å²) < 4.78 is 0. The molecule has 0 unspecified atom stereocenters. The molecule has 0 saturated carbocycles. The summed E-state index contributed by atoms with van der Waals surface area (Å²) in [5, 5.41) is 0. The Bertz CT molecular complexity index is 320. The van der Waals surface area contributed by atoms with Crippen molar-refractivity contribution in [1.29, 1.82) is 0 Å². The molecule has 0 aliphatic carbocycles. The van der Waals surface area contributed by atoms with E-state index in [2.05, 4.69) is 50.5 Å². The van der Waals surface area contributed by atoms with E-state index in [9.17, 15) is 0 Å². The topological polar surface area (TPSA) is 0 Å². The Labute approximate surface area is 110 Å². The maximum atomic E-state index is 6.37. The molecule has 0 nitrogen and oxygen atoms in total. The second-order valence-corrected chi connectivity index (χ2v) is 19.3. The van der Waals surface area contributed by atoms with E-state index in [1.54, 1.807) is 0 Å². The Kier molecular flexibility index (Phi) is 4.70. The lowest BCUT2D eigenvalue weighted by molar-refractivity contribution is 1.27. The Morgan fingerprint density at radius 2 is 1.25 bits per heavy atom. The van der Waals surface area contributed by atoms with Crippen LogP contribution in [0.1, 0.15) is 11.1 Å². The molecular weight excluding hydrogens is 271 g/mol. The molecule has 0 amide bonds. The van der Waals surface area contributed by atoms with E-state index in [4.69, 9.17) is 22.2 Å². The van der Waals surface area contributed by atoms with E-state index < -0.39 is 14.8 Å². The molecular formula is C12H20Cl2Si2. The number of hydrogen-bond acceptors (Lipinski definition) is 0. The van der Waals surface area contributed by atoms with Gasteiger partial charge in [-0.3, -0.25) is 0 Å². The van der Waals surface area contributed by atoms with Crippen LogP contribution in [0.15, 0.2) is 24.3 Å². The lowest BCUT2D eigenvalue weighted by Gasteiger charge is -2.16. The van der Waals surface area contributed by atoms with Crippen molar-refractivity contribution in [3.8, 4) is 0 Å². The fraction of sp³-hybridized carbons (Fsp3) is 0.500. The lowest BCUT2D eigenvalue weighted by Crippen LogP contribution is -2.22. The molecule has 0 aromatic heterocycles. The highest BCUT2D eigenvalue weighted by Crippen LogP contribution is 2.20. The first-order chi connectivity index (χ1) is 7.16. The molecule has 0 N–H and O–H groups in total. The number of benzene rings is 1. The van der Waals surface area contributed by atoms with E-state index in [0.717, 1.165) is 12.1 Å². The van der Waals surface area contributed by atoms with Gasteiger partial charge in [0.05, 0.1) is 0 Å². The van der Waals surface area contributed by atoms with Crippen LogP contribution in [-0.4, -0.2) is 14.8 Å². The standard InChI is InChI=1S/C12H20Cl2Si2/c1-15(2,13)9-11-6-5-7-12(8-11)10-16(3,4)14/h5-8H,9-10H2,1-4H3. The number of rotatable bonds is 4. The maximum Gasteiger partial charge on any atom is 0.154 e. The van der Waals surface area contributed by atoms with Gasteiger partial charge >= 0.3 is 0 Å². The van der Waals surface area contributed by atoms with Crippen molar-refractivity contribution in [3.05, 3.63) is 35.4 Å². The van der Waals surface area contributed by atoms with Gasteiger partial charge in [0.25, 0.3) is 0 Å². The zero-order valence-electron chi connectivity index (χ0n) is 10.5. The van der Waals surface area contributed by atoms with Crippen molar-refractivity contribution in [3.63, 3.8) is 0 Å². The monoisotopic (exact) mass is 290 g/mol. The molecule has 0 saturated heterocycles. The maximum absolute atomic E-state index is 6.37. The average Bonchev–Trinajstić information content (AvgIpc) is 1.96. The van der Waals surface area contributed by atoms with Gasteiger partial charge in [0, 0.05) is 0 Å². The molecule has 1 aromatic carbocycles. The normalized spacial score (nSPS) is 12.9. The van der Waals surface area contributed by atoms with Gasteiger partial charge in [0.15, 0.2) is 14.8 Å². The summed E-state index contributed by atoms with van der Waals surface area (Å²) in [7, 11) is -3.06. The predicted molar refractivity (Wildman–Crippen MR) is 80.5 cm³/mol. The minimum Gasteiger partial charge on any atom is -0.167 e. The van der Waals surface area contributed by atoms with Gasteiger partial charge in [-0.25, -0.2) is 0 Å². The molecule has 0 bridgehead atoms. The zero-order valence-corrected chi connectivity index (χ0v) is 14.0. The summed E-state index contributed by atoms with van der Waals surface area (Å²) in [4.78, 5) is 0. The van der Waals surface area contributed by atoms with Gasteiger partial charge in [-0.15, -0.1) is 0 Å². The first-order valence-electron chi connectivity index (χ1n) is 5.61. The Morgan fingerprint density at radius 1 is 0.875 bits per heavy atom. The largest absolute Gasteiger partial charge is 0.167 e. The third-order valence-corrected chi connectivity index (χ3v) is 5.54. The Hall–Kier alpha value is 0.234. The summed E-state index contributed by atoms with van der Waals surface area (Å²) in [5.41, 5.74) is 2.72. The van der Waals surface area contributed by atoms with E-state index in [1.807, 2.05) is 0 Å². The summed E-state index contributed by atoms with van der Waals surface area (Å²) in [6.07, 6.45) is 0. The van der Waals surface area contributed by atoms with E-state index in [0.29, 0.717) is 0 Å². The minimum atomic E-state index is -1.53. The fourth-order valence-electron chi connectivity index (χ4n) is 1.82. The van der Waals surface area contributed by atoms with Crippen LogP contribution in [0.3, 0.4) is 0 Å². The number of halogens is 2. The minimum absolute atomic E-state index is 1.03. The van der Waals surface area contributed by atoms with Crippen LogP contribution in [0.5, 0.6) is 0 Å². The van der Waals surface area contributed by atoms with E-state index in [-0.39, 0.29) is 0 Å². The average molecular weight is 291 g/mol. The fourth-order valence-corrected chi connectivity index (χ4v) is 5.13. The molecule has 4 heteroatoms. The van der Waals surface area contributed by atoms with Crippen LogP contribution in [0.4, 0.5) is 0 Å². The molecule has 90 valence electrons. The quantitative estimate of drug-likeness (QED) is 0.555. The highest BCUT2D eigenvalue weighted by molar-refractivity contribution is 7.19. The summed E-state index contributed by atoms with van der Waals surface area (Å²) in [6, 6.07) is 10.8. The van der Waals surface area contributed by atoms with Gasteiger partial charge in [-0.1, -0.05) is 50.5 Å². The first-order valence-corrected chi connectivity index (χ1v) is 14.1. The Balaban J connectivity index is 2.79. The molecule has 0 spiro atoms. The third kappa shape index (κ3) is 6.09. The predicted octanol–water partition coefficient (Wildman–Crippen LogP) is 4.74. The molecule has 16 heavy (non-hydrogen) atoms. The van der Waals surface area contributed by atoms with Crippen molar-refractivity contribution >= 4 is 36.9 Å². The SMILES string of the molecule is C[Si](C)(Cl)Cc1cccc(C[Si](C)(C)Cl)c1. The molecule has 0 atom stereocenters. The van der Waals surface area contributed by atoms with Crippen molar-refractivity contribution in [2.45, 2.75) is 38.3 Å². The second-order valence-electron chi connectivity index (χ2n) is 5.61. The van der Waals surface area contributed by atoms with Gasteiger partial charge in [-0.2, -0.15) is 22.2 Å². The van der Waals surface area contributed by atoms with Gasteiger partial charge in [0.2, 0.25) is 0 Å². The van der Waals surface area contributed by atoms with Crippen molar-refractivity contribution in [2.75, 3.05) is 0 Å². The molecule has 1 aromatic rings. The highest BCUT2D eigenvalue weighted by Gasteiger charge is 2.20. The molecule has 0 fully saturated rings. The summed E-state index contributed by atoms with van der Waals surface area (Å²) >= 11 is 12.7. The van der Waals surface area contributed by atoms with Crippen LogP contribution < -0.4 is 0 Å². The molecule has 0 heterocycles. The summed E-state index contributed by atoms with van der Waals surface area (Å²) in [5.74, 6) is 0. The smallest absolute Gasteiger partial charge is 0.154 e. The second kappa shape index (κ2) is 5.26. The summed E-state index contributed by atoms with van der Waals surface area (Å²) in [6.45, 7) is 8.73. The lowest BCUT2D eigenvalue weighted by atomic mass is 10.2. The van der Waals surface area contributed by atoms with Crippen LogP contribution in [0.2, 0.25) is 26.2 Å². The molecule has 1 rings (SSSR count). The van der Waals surface area contributed by atoms with E-state index in [1.165, 1.54) is 11.1 Å². The van der Waals surface area contributed by atoms with Crippen molar-refractivity contribution in [2.24, 2.45) is 0 Å². The highest BCUT2D eigenvalue weighted by atomic mass is 35.6. The van der Waals surface area contributed by atoms with E-state index >= 15 is 0 Å². The van der Waals surface area contributed by atoms with Crippen LogP contribution in [0, 0.1) is 0 Å². The van der Waals surface area contributed by atoms with Gasteiger partial charge in [0.1, 0.15) is 0 Å². The van der Waals surface area contributed by atoms with Gasteiger partial charge < -0.3 is 0 Å². The zero-order chi connectivity index (χ0) is 12.4. The van der Waals surface area contributed by atoms with Crippen LogP contribution >= 0.6 is 22.2 Å². The Morgan fingerprint density at radius 3 is 1.56 bits per heavy atom. The van der Waals surface area contributed by atoms with Crippen molar-refractivity contribution < 1.29 is 0 Å². The van der Waals surface area contributed by atoms with Crippen LogP contribution in [0.25, 0.3) is 0 Å². The first kappa shape index (κ1) is 14.3. The van der Waals surface area contributed by atoms with Crippen molar-refractivity contribution in [1.82, 2.24) is 0 Å². The molecule has 0 aliphatic heterocycles. The molecule has 0 aliphatic rings. The van der Waals surface area contributed by atoms with Gasteiger partial charge in [-0.05, 0) is 23.2 Å². The third-order valence-electron chi connectivity index (χ3n) is 2.24. The van der Waals surface area contributed by atoms with Crippen LogP contribution in [-0.2, 0) is 12.1 Å².